The van der Waals surface area contributed by atoms with Crippen LogP contribution in [0.5, 0.6) is 0 Å². The Bertz CT molecular complexity index is 328. The van der Waals surface area contributed by atoms with E-state index in [1.54, 1.807) is 0 Å². The van der Waals surface area contributed by atoms with Crippen LogP contribution in [0.2, 0.25) is 0 Å². The molecule has 0 aliphatic carbocycles. The SMILES string of the molecule is CCCCCCCCCCCCCCCCC(O)CN(CCCNC)CC(O)CC. The minimum absolute atomic E-state index is 0.263. The van der Waals surface area contributed by atoms with Gasteiger partial charge in [-0.3, -0.25) is 4.90 Å². The van der Waals surface area contributed by atoms with Gasteiger partial charge in [0.05, 0.1) is 12.2 Å². The van der Waals surface area contributed by atoms with E-state index in [1.165, 1.54) is 83.5 Å². The van der Waals surface area contributed by atoms with Gasteiger partial charge in [0.1, 0.15) is 0 Å². The zero-order valence-corrected chi connectivity index (χ0v) is 20.8. The highest BCUT2D eigenvalue weighted by molar-refractivity contribution is 4.69. The molecule has 2 unspecified atom stereocenters. The molecule has 0 amide bonds. The molecule has 0 saturated carbocycles. The van der Waals surface area contributed by atoms with E-state index in [2.05, 4.69) is 17.1 Å². The molecule has 0 bridgehead atoms. The molecule has 0 aliphatic heterocycles. The highest BCUT2D eigenvalue weighted by Gasteiger charge is 2.14. The lowest BCUT2D eigenvalue weighted by Gasteiger charge is -2.27. The summed E-state index contributed by atoms with van der Waals surface area (Å²) in [6.45, 7) is 7.59. The molecular formula is C26H56N2O2. The van der Waals surface area contributed by atoms with Gasteiger partial charge >= 0.3 is 0 Å². The molecule has 0 aromatic rings. The maximum absolute atomic E-state index is 10.4. The van der Waals surface area contributed by atoms with Crippen LogP contribution in [0.25, 0.3) is 0 Å². The summed E-state index contributed by atoms with van der Waals surface area (Å²) in [7, 11) is 1.97. The molecule has 0 fully saturated rings. The number of aliphatic hydroxyl groups excluding tert-OH is 2. The third-order valence-corrected chi connectivity index (χ3v) is 6.20. The molecule has 30 heavy (non-hydrogen) atoms. The lowest BCUT2D eigenvalue weighted by Crippen LogP contribution is -2.39. The molecule has 0 aromatic carbocycles. The second-order valence-corrected chi connectivity index (χ2v) is 9.32. The fourth-order valence-corrected chi connectivity index (χ4v) is 4.13. The predicted octanol–water partition coefficient (Wildman–Crippen LogP) is 5.90. The molecule has 182 valence electrons. The Hall–Kier alpha value is -0.160. The molecule has 0 spiro atoms. The van der Waals surface area contributed by atoms with E-state index >= 15 is 0 Å². The van der Waals surface area contributed by atoms with Crippen LogP contribution >= 0.6 is 0 Å². The van der Waals surface area contributed by atoms with Crippen molar-refractivity contribution in [2.45, 2.75) is 135 Å². The summed E-state index contributed by atoms with van der Waals surface area (Å²) in [5, 5.41) is 23.6. The van der Waals surface area contributed by atoms with E-state index in [1.807, 2.05) is 14.0 Å². The summed E-state index contributed by atoms with van der Waals surface area (Å²) in [4.78, 5) is 2.24. The summed E-state index contributed by atoms with van der Waals surface area (Å²) >= 11 is 0. The van der Waals surface area contributed by atoms with Crippen LogP contribution in [0, 0.1) is 0 Å². The Balaban J connectivity index is 3.57. The average molecular weight is 429 g/mol. The van der Waals surface area contributed by atoms with Gasteiger partial charge in [-0.25, -0.2) is 0 Å². The fourth-order valence-electron chi connectivity index (χ4n) is 4.13. The average Bonchev–Trinajstić information content (AvgIpc) is 2.74. The number of rotatable bonds is 24. The van der Waals surface area contributed by atoms with Gasteiger partial charge in [0.2, 0.25) is 0 Å². The topological polar surface area (TPSA) is 55.7 Å². The molecule has 0 aliphatic rings. The van der Waals surface area contributed by atoms with Crippen LogP contribution < -0.4 is 5.32 Å². The minimum Gasteiger partial charge on any atom is -0.392 e. The highest BCUT2D eigenvalue weighted by atomic mass is 16.3. The highest BCUT2D eigenvalue weighted by Crippen LogP contribution is 2.14. The smallest absolute Gasteiger partial charge is 0.0667 e. The molecule has 2 atom stereocenters. The zero-order chi connectivity index (χ0) is 22.3. The second-order valence-electron chi connectivity index (χ2n) is 9.32. The number of nitrogens with zero attached hydrogens (tertiary/aromatic N) is 1. The normalized spacial score (nSPS) is 13.8. The van der Waals surface area contributed by atoms with Crippen molar-refractivity contribution in [3.05, 3.63) is 0 Å². The van der Waals surface area contributed by atoms with Crippen LogP contribution in [0.3, 0.4) is 0 Å². The first-order valence-corrected chi connectivity index (χ1v) is 13.4. The lowest BCUT2D eigenvalue weighted by molar-refractivity contribution is 0.0628. The summed E-state index contributed by atoms with van der Waals surface area (Å²) < 4.78 is 0. The van der Waals surface area contributed by atoms with Crippen LogP contribution in [-0.2, 0) is 0 Å². The van der Waals surface area contributed by atoms with E-state index < -0.39 is 0 Å². The van der Waals surface area contributed by atoms with E-state index in [0.29, 0.717) is 13.1 Å². The number of unbranched alkanes of at least 4 members (excludes halogenated alkanes) is 13. The van der Waals surface area contributed by atoms with Crippen molar-refractivity contribution in [2.24, 2.45) is 0 Å². The van der Waals surface area contributed by atoms with Crippen molar-refractivity contribution in [3.63, 3.8) is 0 Å². The number of aliphatic hydroxyl groups is 2. The van der Waals surface area contributed by atoms with Crippen molar-refractivity contribution in [1.29, 1.82) is 0 Å². The molecule has 3 N–H and O–H groups in total. The maximum atomic E-state index is 10.4. The van der Waals surface area contributed by atoms with Crippen LogP contribution in [0.1, 0.15) is 123 Å². The molecule has 0 radical (unpaired) electrons. The minimum atomic E-state index is -0.284. The third-order valence-electron chi connectivity index (χ3n) is 6.20. The Morgan fingerprint density at radius 3 is 1.57 bits per heavy atom. The first kappa shape index (κ1) is 29.8. The number of nitrogens with one attached hydrogen (secondary N) is 1. The molecule has 0 rings (SSSR count). The number of hydrogen-bond acceptors (Lipinski definition) is 4. The van der Waals surface area contributed by atoms with Gasteiger partial charge in [-0.2, -0.15) is 0 Å². The predicted molar refractivity (Wildman–Crippen MR) is 132 cm³/mol. The maximum Gasteiger partial charge on any atom is 0.0667 e. The first-order chi connectivity index (χ1) is 14.6. The van der Waals surface area contributed by atoms with Crippen molar-refractivity contribution in [2.75, 3.05) is 33.2 Å². The number of hydrogen-bond donors (Lipinski definition) is 3. The van der Waals surface area contributed by atoms with Gasteiger partial charge in [0, 0.05) is 13.1 Å². The molecular weight excluding hydrogens is 372 g/mol. The van der Waals surface area contributed by atoms with Crippen molar-refractivity contribution < 1.29 is 10.2 Å². The fraction of sp³-hybridized carbons (Fsp3) is 1.00. The zero-order valence-electron chi connectivity index (χ0n) is 20.8. The van der Waals surface area contributed by atoms with Gasteiger partial charge in [0.15, 0.2) is 0 Å². The van der Waals surface area contributed by atoms with E-state index in [4.69, 9.17) is 0 Å². The molecule has 4 nitrogen and oxygen atoms in total. The van der Waals surface area contributed by atoms with Gasteiger partial charge in [0.25, 0.3) is 0 Å². The largest absolute Gasteiger partial charge is 0.392 e. The van der Waals surface area contributed by atoms with Crippen molar-refractivity contribution >= 4 is 0 Å². The summed E-state index contributed by atoms with van der Waals surface area (Å²) in [6.07, 6.45) is 21.3. The molecule has 0 saturated heterocycles. The van der Waals surface area contributed by atoms with E-state index in [0.717, 1.165) is 38.8 Å². The molecule has 0 aromatic heterocycles. The Morgan fingerprint density at radius 2 is 1.10 bits per heavy atom. The summed E-state index contributed by atoms with van der Waals surface area (Å²) in [5.74, 6) is 0. The van der Waals surface area contributed by atoms with Crippen LogP contribution in [-0.4, -0.2) is 60.5 Å². The quantitative estimate of drug-likeness (QED) is 0.167. The summed E-state index contributed by atoms with van der Waals surface area (Å²) in [5.41, 5.74) is 0. The second kappa shape index (κ2) is 23.5. The standard InChI is InChI=1S/C26H56N2O2/c1-4-6-7-8-9-10-11-12-13-14-15-16-17-18-20-26(30)24-28(22-19-21-27-3)23-25(29)5-2/h25-27,29-30H,4-24H2,1-3H3. The van der Waals surface area contributed by atoms with Crippen molar-refractivity contribution in [1.82, 2.24) is 10.2 Å². The lowest BCUT2D eigenvalue weighted by atomic mass is 10.0. The van der Waals surface area contributed by atoms with Gasteiger partial charge in [-0.1, -0.05) is 104 Å². The summed E-state index contributed by atoms with van der Waals surface area (Å²) in [6, 6.07) is 0. The van der Waals surface area contributed by atoms with Gasteiger partial charge < -0.3 is 15.5 Å². The Labute approximate surface area is 189 Å². The third kappa shape index (κ3) is 21.1. The Kier molecular flexibility index (Phi) is 23.4. The Morgan fingerprint density at radius 1 is 0.633 bits per heavy atom. The van der Waals surface area contributed by atoms with Crippen LogP contribution in [0.15, 0.2) is 0 Å². The van der Waals surface area contributed by atoms with Gasteiger partial charge in [-0.15, -0.1) is 0 Å². The molecule has 4 heteroatoms. The van der Waals surface area contributed by atoms with Crippen LogP contribution in [0.4, 0.5) is 0 Å². The molecule has 0 heterocycles. The monoisotopic (exact) mass is 428 g/mol. The van der Waals surface area contributed by atoms with E-state index in [9.17, 15) is 10.2 Å². The van der Waals surface area contributed by atoms with E-state index in [-0.39, 0.29) is 12.2 Å². The van der Waals surface area contributed by atoms with Crippen molar-refractivity contribution in [3.8, 4) is 0 Å². The van der Waals surface area contributed by atoms with Gasteiger partial charge in [-0.05, 0) is 39.4 Å². The first-order valence-electron chi connectivity index (χ1n) is 13.4.